The van der Waals surface area contributed by atoms with Crippen LogP contribution in [0.25, 0.3) is 0 Å². The molecule has 4 rings (SSSR count). The van der Waals surface area contributed by atoms with Crippen molar-refractivity contribution in [2.75, 3.05) is 6.61 Å². The van der Waals surface area contributed by atoms with Gasteiger partial charge in [-0.2, -0.15) is 0 Å². The van der Waals surface area contributed by atoms with E-state index >= 15 is 0 Å². The van der Waals surface area contributed by atoms with Gasteiger partial charge in [0, 0.05) is 11.3 Å². The molecular weight excluding hydrogens is 432 g/mol. The van der Waals surface area contributed by atoms with Crippen molar-refractivity contribution in [2.45, 2.75) is 98.9 Å². The van der Waals surface area contributed by atoms with Crippen LogP contribution in [0.3, 0.4) is 0 Å². The fourth-order valence-corrected chi connectivity index (χ4v) is 9.03. The second-order valence-electron chi connectivity index (χ2n) is 13.2. The van der Waals surface area contributed by atoms with Crippen molar-refractivity contribution in [2.24, 2.45) is 58.2 Å². The molecule has 0 heterocycles. The summed E-state index contributed by atoms with van der Waals surface area (Å²) >= 11 is 0. The Labute approximate surface area is 205 Å². The third kappa shape index (κ3) is 3.19. The lowest BCUT2D eigenvalue weighted by atomic mass is 9.33. The van der Waals surface area contributed by atoms with Crippen LogP contribution < -0.4 is 0 Å². The standard InChI is InChI=1S/C28H46O6/c1-14(2)18-11-12-28(32)21-20-17(7)9-10-19(20)26(21,8)23(34-25(31)16(5)6)22(29)27(18,28)13-33-24(30)15(3)4/h14-23,29,32H,9-13H2,1-8H3/t17-,18-,19+,20-,21+,22+,23+,26-,27+,28+/m0/s1. The van der Waals surface area contributed by atoms with Crippen LogP contribution in [0.4, 0.5) is 0 Å². The molecule has 4 fully saturated rings. The molecule has 0 saturated heterocycles. The Kier molecular flexibility index (Phi) is 6.46. The fraction of sp³-hybridized carbons (Fsp3) is 0.929. The first-order valence-corrected chi connectivity index (χ1v) is 13.5. The molecule has 0 aromatic carbocycles. The van der Waals surface area contributed by atoms with Crippen LogP contribution >= 0.6 is 0 Å². The van der Waals surface area contributed by atoms with Gasteiger partial charge in [-0.15, -0.1) is 0 Å². The number of carbonyl (C=O) groups excluding carboxylic acids is 2. The van der Waals surface area contributed by atoms with Crippen LogP contribution in [0.5, 0.6) is 0 Å². The number of aliphatic hydroxyl groups excluding tert-OH is 1. The minimum Gasteiger partial charge on any atom is -0.465 e. The quantitative estimate of drug-likeness (QED) is 0.556. The highest BCUT2D eigenvalue weighted by Gasteiger charge is 2.83. The average molecular weight is 479 g/mol. The molecule has 0 amide bonds. The van der Waals surface area contributed by atoms with Crippen LogP contribution in [-0.2, 0) is 19.1 Å². The van der Waals surface area contributed by atoms with E-state index < -0.39 is 28.6 Å². The Morgan fingerprint density at radius 3 is 2.18 bits per heavy atom. The van der Waals surface area contributed by atoms with Crippen LogP contribution in [0, 0.1) is 58.2 Å². The molecule has 34 heavy (non-hydrogen) atoms. The summed E-state index contributed by atoms with van der Waals surface area (Å²) in [4.78, 5) is 25.5. The van der Waals surface area contributed by atoms with E-state index in [0.29, 0.717) is 24.2 Å². The van der Waals surface area contributed by atoms with Crippen LogP contribution in [0.15, 0.2) is 0 Å². The maximum absolute atomic E-state index is 12.9. The van der Waals surface area contributed by atoms with Gasteiger partial charge in [-0.1, -0.05) is 61.8 Å². The van der Waals surface area contributed by atoms with Crippen LogP contribution in [0.1, 0.15) is 81.1 Å². The lowest BCUT2D eigenvalue weighted by Gasteiger charge is -2.73. The highest BCUT2D eigenvalue weighted by atomic mass is 16.6. The molecule has 6 nitrogen and oxygen atoms in total. The predicted molar refractivity (Wildman–Crippen MR) is 128 cm³/mol. The number of hydrogen-bond acceptors (Lipinski definition) is 6. The van der Waals surface area contributed by atoms with Gasteiger partial charge in [-0.3, -0.25) is 9.59 Å². The zero-order valence-corrected chi connectivity index (χ0v) is 22.3. The Hall–Kier alpha value is -1.14. The SMILES string of the molecule is CC(C)C(=O)OC[C@@]12[C@H](O)[C@@H](OC(=O)C(C)C)[C@@]3(C)[C@@H]4CC[C@H](C)[C@@H]4[C@H]3[C@]1(O)CC[C@H]2C(C)C. The molecule has 0 radical (unpaired) electrons. The van der Waals surface area contributed by atoms with Gasteiger partial charge in [0.1, 0.15) is 18.8 Å². The summed E-state index contributed by atoms with van der Waals surface area (Å²) < 4.78 is 12.0. The van der Waals surface area contributed by atoms with Crippen molar-refractivity contribution in [3.63, 3.8) is 0 Å². The number of rotatable bonds is 6. The molecule has 0 bridgehead atoms. The number of aliphatic hydroxyl groups is 2. The lowest BCUT2D eigenvalue weighted by molar-refractivity contribution is -0.358. The van der Waals surface area contributed by atoms with Crippen molar-refractivity contribution < 1.29 is 29.3 Å². The molecule has 6 heteroatoms. The molecule has 0 aromatic rings. The Morgan fingerprint density at radius 1 is 1.00 bits per heavy atom. The molecule has 4 aliphatic carbocycles. The van der Waals surface area contributed by atoms with Gasteiger partial charge < -0.3 is 19.7 Å². The number of esters is 2. The van der Waals surface area contributed by atoms with Gasteiger partial charge in [0.2, 0.25) is 0 Å². The lowest BCUT2D eigenvalue weighted by Crippen LogP contribution is -2.81. The summed E-state index contributed by atoms with van der Waals surface area (Å²) in [7, 11) is 0. The first kappa shape index (κ1) is 25.9. The Bertz CT molecular complexity index is 822. The van der Waals surface area contributed by atoms with Crippen molar-refractivity contribution in [3.05, 3.63) is 0 Å². The maximum atomic E-state index is 12.9. The van der Waals surface area contributed by atoms with Gasteiger partial charge in [0.15, 0.2) is 0 Å². The smallest absolute Gasteiger partial charge is 0.308 e. The zero-order chi connectivity index (χ0) is 25.4. The van der Waals surface area contributed by atoms with Gasteiger partial charge in [-0.25, -0.2) is 0 Å². The molecule has 4 aliphatic rings. The second-order valence-corrected chi connectivity index (χ2v) is 13.2. The number of carbonyl (C=O) groups is 2. The Morgan fingerprint density at radius 2 is 1.62 bits per heavy atom. The fourth-order valence-electron chi connectivity index (χ4n) is 9.03. The van der Waals surface area contributed by atoms with Crippen molar-refractivity contribution in [1.29, 1.82) is 0 Å². The van der Waals surface area contributed by atoms with Gasteiger partial charge in [0.05, 0.1) is 22.9 Å². The normalized spacial score (nSPS) is 47.3. The molecule has 0 aromatic heterocycles. The maximum Gasteiger partial charge on any atom is 0.308 e. The molecule has 4 saturated carbocycles. The van der Waals surface area contributed by atoms with E-state index in [4.69, 9.17) is 9.47 Å². The minimum atomic E-state index is -1.17. The molecular formula is C28H46O6. The van der Waals surface area contributed by atoms with E-state index in [2.05, 4.69) is 27.7 Å². The number of fused-ring (bicyclic) bond motifs is 6. The van der Waals surface area contributed by atoms with Gasteiger partial charge in [0.25, 0.3) is 0 Å². The van der Waals surface area contributed by atoms with Crippen LogP contribution in [0.2, 0.25) is 0 Å². The van der Waals surface area contributed by atoms with Gasteiger partial charge in [-0.05, 0) is 48.9 Å². The average Bonchev–Trinajstić information content (AvgIpc) is 3.24. The number of ether oxygens (including phenoxy) is 2. The molecule has 10 atom stereocenters. The topological polar surface area (TPSA) is 93.1 Å². The van der Waals surface area contributed by atoms with Crippen molar-refractivity contribution in [1.82, 2.24) is 0 Å². The summed E-state index contributed by atoms with van der Waals surface area (Å²) in [6.07, 6.45) is 1.62. The predicted octanol–water partition coefficient (Wildman–Crippen LogP) is 4.21. The molecule has 2 N–H and O–H groups in total. The van der Waals surface area contributed by atoms with Crippen molar-refractivity contribution in [3.8, 4) is 0 Å². The summed E-state index contributed by atoms with van der Waals surface area (Å²) in [5, 5.41) is 24.9. The largest absolute Gasteiger partial charge is 0.465 e. The van der Waals surface area contributed by atoms with Crippen molar-refractivity contribution >= 4 is 11.9 Å². The van der Waals surface area contributed by atoms with E-state index in [-0.39, 0.29) is 48.1 Å². The highest BCUT2D eigenvalue weighted by Crippen LogP contribution is 2.78. The summed E-state index contributed by atoms with van der Waals surface area (Å²) in [6.45, 7) is 15.8. The zero-order valence-electron chi connectivity index (χ0n) is 22.3. The summed E-state index contributed by atoms with van der Waals surface area (Å²) in [5.41, 5.74) is -2.73. The van der Waals surface area contributed by atoms with E-state index in [9.17, 15) is 19.8 Å². The molecule has 0 aliphatic heterocycles. The van der Waals surface area contributed by atoms with E-state index in [0.717, 1.165) is 19.3 Å². The number of hydrogen-bond donors (Lipinski definition) is 2. The molecule has 0 unspecified atom stereocenters. The first-order valence-electron chi connectivity index (χ1n) is 13.5. The van der Waals surface area contributed by atoms with E-state index in [1.807, 2.05) is 13.8 Å². The van der Waals surface area contributed by atoms with Crippen LogP contribution in [-0.4, -0.2) is 46.6 Å². The summed E-state index contributed by atoms with van der Waals surface area (Å²) in [6, 6.07) is 0. The first-order chi connectivity index (χ1) is 15.7. The van der Waals surface area contributed by atoms with E-state index in [1.54, 1.807) is 13.8 Å². The Balaban J connectivity index is 1.86. The monoisotopic (exact) mass is 478 g/mol. The third-order valence-electron chi connectivity index (χ3n) is 10.6. The highest BCUT2D eigenvalue weighted by molar-refractivity contribution is 5.72. The summed E-state index contributed by atoms with van der Waals surface area (Å²) in [5.74, 6) is -0.133. The minimum absolute atomic E-state index is 0.0431. The molecule has 0 spiro atoms. The third-order valence-corrected chi connectivity index (χ3v) is 10.6. The van der Waals surface area contributed by atoms with Gasteiger partial charge >= 0.3 is 11.9 Å². The van der Waals surface area contributed by atoms with E-state index in [1.165, 1.54) is 0 Å². The second kappa shape index (κ2) is 8.47. The molecule has 194 valence electrons.